The van der Waals surface area contributed by atoms with Gasteiger partial charge in [0.2, 0.25) is 0 Å². The van der Waals surface area contributed by atoms with Gasteiger partial charge in [-0.15, -0.1) is 0 Å². The highest BCUT2D eigenvalue weighted by Crippen LogP contribution is 2.27. The van der Waals surface area contributed by atoms with E-state index in [2.05, 4.69) is 9.97 Å². The summed E-state index contributed by atoms with van der Waals surface area (Å²) in [4.78, 5) is 8.83. The molecule has 0 atom stereocenters. The van der Waals surface area contributed by atoms with Gasteiger partial charge in [-0.25, -0.2) is 4.98 Å². The third-order valence-corrected chi connectivity index (χ3v) is 3.17. The molecule has 4 nitrogen and oxygen atoms in total. The third-order valence-electron chi connectivity index (χ3n) is 2.86. The molecule has 90 valence electrons. The number of pyridine rings is 1. The van der Waals surface area contributed by atoms with Gasteiger partial charge in [0.15, 0.2) is 5.82 Å². The van der Waals surface area contributed by atoms with Crippen LogP contribution in [0.4, 0.5) is 5.69 Å². The van der Waals surface area contributed by atoms with Gasteiger partial charge in [0, 0.05) is 7.05 Å². The van der Waals surface area contributed by atoms with Crippen molar-refractivity contribution in [1.82, 2.24) is 14.5 Å². The molecule has 0 bridgehead atoms. The minimum Gasteiger partial charge on any atom is -0.397 e. The van der Waals surface area contributed by atoms with E-state index in [1.165, 1.54) is 0 Å². The molecule has 0 unspecified atom stereocenters. The number of nitrogen functional groups attached to an aromatic ring is 1. The van der Waals surface area contributed by atoms with Gasteiger partial charge in [-0.3, -0.25) is 4.98 Å². The Balaban J connectivity index is 2.27. The van der Waals surface area contributed by atoms with Crippen LogP contribution in [0.25, 0.3) is 22.6 Å². The van der Waals surface area contributed by atoms with Crippen LogP contribution < -0.4 is 5.73 Å². The van der Waals surface area contributed by atoms with Crippen LogP contribution in [0.3, 0.4) is 0 Å². The molecule has 2 heterocycles. The SMILES string of the molecule is Cn1c(-c2ccc(N)cn2)nc2cccc(Cl)c21. The van der Waals surface area contributed by atoms with Gasteiger partial charge in [0.25, 0.3) is 0 Å². The number of anilines is 1. The van der Waals surface area contributed by atoms with Crippen LogP contribution >= 0.6 is 11.6 Å². The van der Waals surface area contributed by atoms with Crippen molar-refractivity contribution in [2.45, 2.75) is 0 Å². The van der Waals surface area contributed by atoms with Crippen molar-refractivity contribution < 1.29 is 0 Å². The highest BCUT2D eigenvalue weighted by Gasteiger charge is 2.12. The summed E-state index contributed by atoms with van der Waals surface area (Å²) >= 11 is 6.19. The van der Waals surface area contributed by atoms with E-state index < -0.39 is 0 Å². The van der Waals surface area contributed by atoms with E-state index in [9.17, 15) is 0 Å². The molecule has 1 aromatic carbocycles. The molecule has 0 amide bonds. The lowest BCUT2D eigenvalue weighted by Gasteiger charge is -2.02. The van der Waals surface area contributed by atoms with Crippen LogP contribution in [-0.2, 0) is 7.05 Å². The fourth-order valence-corrected chi connectivity index (χ4v) is 2.28. The Morgan fingerprint density at radius 1 is 1.22 bits per heavy atom. The van der Waals surface area contributed by atoms with E-state index in [0.29, 0.717) is 10.7 Å². The van der Waals surface area contributed by atoms with Crippen LogP contribution in [0.2, 0.25) is 5.02 Å². The number of nitrogens with zero attached hydrogens (tertiary/aromatic N) is 3. The van der Waals surface area contributed by atoms with E-state index >= 15 is 0 Å². The van der Waals surface area contributed by atoms with E-state index in [1.807, 2.05) is 41.9 Å². The molecule has 0 aliphatic carbocycles. The predicted molar refractivity (Wildman–Crippen MR) is 73.4 cm³/mol. The molecule has 0 saturated carbocycles. The minimum atomic E-state index is 0.635. The van der Waals surface area contributed by atoms with Crippen LogP contribution in [-0.4, -0.2) is 14.5 Å². The standard InChI is InChI=1S/C13H11ClN4/c1-18-12-9(14)3-2-4-10(12)17-13(18)11-6-5-8(15)7-16-11/h2-7H,15H2,1H3. The van der Waals surface area contributed by atoms with Crippen molar-refractivity contribution in [2.75, 3.05) is 5.73 Å². The topological polar surface area (TPSA) is 56.7 Å². The lowest BCUT2D eigenvalue weighted by atomic mass is 10.3. The Kier molecular flexibility index (Phi) is 2.45. The summed E-state index contributed by atoms with van der Waals surface area (Å²) in [7, 11) is 1.93. The molecule has 0 fully saturated rings. The van der Waals surface area contributed by atoms with Crippen LogP contribution in [0.5, 0.6) is 0 Å². The zero-order chi connectivity index (χ0) is 12.7. The van der Waals surface area contributed by atoms with Gasteiger partial charge in [0.1, 0.15) is 5.69 Å². The largest absolute Gasteiger partial charge is 0.397 e. The fourth-order valence-electron chi connectivity index (χ4n) is 1.99. The number of nitrogens with two attached hydrogens (primary N) is 1. The third kappa shape index (κ3) is 1.62. The molecule has 0 aliphatic rings. The van der Waals surface area contributed by atoms with Crippen molar-refractivity contribution in [2.24, 2.45) is 7.05 Å². The molecule has 2 N–H and O–H groups in total. The first kappa shape index (κ1) is 11.0. The number of halogens is 1. The summed E-state index contributed by atoms with van der Waals surface area (Å²) in [5.74, 6) is 0.776. The van der Waals surface area contributed by atoms with E-state index in [0.717, 1.165) is 22.6 Å². The number of imidazole rings is 1. The molecule has 3 aromatic rings. The first-order chi connectivity index (χ1) is 8.66. The van der Waals surface area contributed by atoms with Crippen molar-refractivity contribution in [3.63, 3.8) is 0 Å². The number of hydrogen-bond donors (Lipinski definition) is 1. The molecule has 5 heteroatoms. The number of rotatable bonds is 1. The number of aryl methyl sites for hydroxylation is 1. The lowest BCUT2D eigenvalue weighted by Crippen LogP contribution is -1.95. The van der Waals surface area contributed by atoms with Crippen molar-refractivity contribution in [1.29, 1.82) is 0 Å². The molecule has 0 saturated heterocycles. The zero-order valence-corrected chi connectivity index (χ0v) is 10.5. The summed E-state index contributed by atoms with van der Waals surface area (Å²) in [6.45, 7) is 0. The highest BCUT2D eigenvalue weighted by molar-refractivity contribution is 6.35. The van der Waals surface area contributed by atoms with Crippen LogP contribution in [0.15, 0.2) is 36.5 Å². The number of fused-ring (bicyclic) bond motifs is 1. The minimum absolute atomic E-state index is 0.635. The number of aromatic nitrogens is 3. The summed E-state index contributed by atoms with van der Waals surface area (Å²) in [6.07, 6.45) is 1.62. The highest BCUT2D eigenvalue weighted by atomic mass is 35.5. The molecule has 0 spiro atoms. The molecule has 2 aromatic heterocycles. The Morgan fingerprint density at radius 2 is 2.06 bits per heavy atom. The monoisotopic (exact) mass is 258 g/mol. The van der Waals surface area contributed by atoms with Gasteiger partial charge < -0.3 is 10.3 Å². The summed E-state index contributed by atoms with van der Waals surface area (Å²) < 4.78 is 1.94. The van der Waals surface area contributed by atoms with Crippen molar-refractivity contribution in [3.05, 3.63) is 41.6 Å². The Morgan fingerprint density at radius 3 is 2.72 bits per heavy atom. The lowest BCUT2D eigenvalue weighted by molar-refractivity contribution is 0.950. The predicted octanol–water partition coefficient (Wildman–Crippen LogP) is 2.87. The van der Waals surface area contributed by atoms with Crippen LogP contribution in [0.1, 0.15) is 0 Å². The Labute approximate surface area is 109 Å². The summed E-state index contributed by atoms with van der Waals surface area (Å²) in [6, 6.07) is 9.33. The maximum Gasteiger partial charge on any atom is 0.159 e. The molecular formula is C13H11ClN4. The van der Waals surface area contributed by atoms with Crippen molar-refractivity contribution >= 4 is 28.3 Å². The smallest absolute Gasteiger partial charge is 0.159 e. The number of hydrogen-bond acceptors (Lipinski definition) is 3. The van der Waals surface area contributed by atoms with Gasteiger partial charge in [-0.2, -0.15) is 0 Å². The summed E-state index contributed by atoms with van der Waals surface area (Å²) in [5.41, 5.74) is 8.81. The Bertz CT molecular complexity index is 716. The van der Waals surface area contributed by atoms with E-state index in [-0.39, 0.29) is 0 Å². The molecule has 3 rings (SSSR count). The number of benzene rings is 1. The zero-order valence-electron chi connectivity index (χ0n) is 9.76. The summed E-state index contributed by atoms with van der Waals surface area (Å²) in [5, 5.41) is 0.684. The second kappa shape index (κ2) is 3.99. The van der Waals surface area contributed by atoms with Gasteiger partial charge in [-0.1, -0.05) is 17.7 Å². The van der Waals surface area contributed by atoms with Gasteiger partial charge >= 0.3 is 0 Å². The normalized spacial score (nSPS) is 11.0. The molecular weight excluding hydrogens is 248 g/mol. The second-order valence-corrected chi connectivity index (χ2v) is 4.49. The maximum absolute atomic E-state index is 6.19. The van der Waals surface area contributed by atoms with Gasteiger partial charge in [-0.05, 0) is 24.3 Å². The first-order valence-electron chi connectivity index (χ1n) is 5.49. The molecule has 0 radical (unpaired) electrons. The number of para-hydroxylation sites is 1. The van der Waals surface area contributed by atoms with E-state index in [4.69, 9.17) is 17.3 Å². The van der Waals surface area contributed by atoms with Crippen LogP contribution in [0, 0.1) is 0 Å². The van der Waals surface area contributed by atoms with E-state index in [1.54, 1.807) is 6.20 Å². The average Bonchev–Trinajstić information content (AvgIpc) is 2.69. The Hall–Kier alpha value is -2.07. The quantitative estimate of drug-likeness (QED) is 0.730. The van der Waals surface area contributed by atoms with Gasteiger partial charge in [0.05, 0.1) is 27.9 Å². The average molecular weight is 259 g/mol. The first-order valence-corrected chi connectivity index (χ1v) is 5.87. The maximum atomic E-state index is 6.19. The van der Waals surface area contributed by atoms with Crippen molar-refractivity contribution in [3.8, 4) is 11.5 Å². The molecule has 18 heavy (non-hydrogen) atoms. The second-order valence-electron chi connectivity index (χ2n) is 4.08. The molecule has 0 aliphatic heterocycles. The fraction of sp³-hybridized carbons (Fsp3) is 0.0769.